The average Bonchev–Trinajstić information content (AvgIpc) is 3.48. The lowest BCUT2D eigenvalue weighted by Crippen LogP contribution is -2.33. The maximum atomic E-state index is 13.1. The van der Waals surface area contributed by atoms with E-state index in [0.717, 1.165) is 23.1 Å². The Hall–Kier alpha value is -4.46. The second-order valence-electron chi connectivity index (χ2n) is 8.75. The molecule has 8 nitrogen and oxygen atoms in total. The first-order valence-electron chi connectivity index (χ1n) is 11.7. The number of hydrogen-bond acceptors (Lipinski definition) is 4. The molecule has 2 heterocycles. The van der Waals surface area contributed by atoms with Gasteiger partial charge in [-0.15, -0.1) is 0 Å². The van der Waals surface area contributed by atoms with Crippen molar-refractivity contribution in [1.82, 2.24) is 9.88 Å². The third-order valence-electron chi connectivity index (χ3n) is 6.50. The first kappa shape index (κ1) is 23.3. The highest BCUT2D eigenvalue weighted by molar-refractivity contribution is 6.04. The van der Waals surface area contributed by atoms with Crippen LogP contribution in [0.5, 0.6) is 11.5 Å². The molecule has 0 aliphatic carbocycles. The summed E-state index contributed by atoms with van der Waals surface area (Å²) in [5, 5.41) is 7.03. The number of hydrogen-bond donors (Lipinski definition) is 2. The summed E-state index contributed by atoms with van der Waals surface area (Å²) < 4.78 is 12.6. The van der Waals surface area contributed by atoms with Crippen molar-refractivity contribution in [2.75, 3.05) is 31.0 Å². The summed E-state index contributed by atoms with van der Waals surface area (Å²) in [6, 6.07) is 18.6. The monoisotopic (exact) mass is 484 g/mol. The zero-order valence-electron chi connectivity index (χ0n) is 20.5. The molecule has 1 aliphatic rings. The Kier molecular flexibility index (Phi) is 6.25. The van der Waals surface area contributed by atoms with Crippen LogP contribution in [-0.2, 0) is 20.0 Å². The van der Waals surface area contributed by atoms with E-state index < -0.39 is 0 Å². The first-order chi connectivity index (χ1) is 17.5. The van der Waals surface area contributed by atoms with Gasteiger partial charge in [0.05, 0.1) is 14.2 Å². The molecule has 8 heteroatoms. The van der Waals surface area contributed by atoms with Crippen LogP contribution < -0.4 is 25.0 Å². The SMILES string of the molecule is COc1ccc(C(=O)NCc2cccc(NC(=O)N3CCc4cc5c(ccn5C)cc43)c2)cc1OC. The Morgan fingerprint density at radius 3 is 2.61 bits per heavy atom. The van der Waals surface area contributed by atoms with Crippen molar-refractivity contribution in [3.8, 4) is 11.5 Å². The van der Waals surface area contributed by atoms with E-state index in [-0.39, 0.29) is 11.9 Å². The second-order valence-corrected chi connectivity index (χ2v) is 8.75. The number of aryl methyl sites for hydroxylation is 1. The van der Waals surface area contributed by atoms with Crippen molar-refractivity contribution in [2.24, 2.45) is 7.05 Å². The number of amides is 3. The topological polar surface area (TPSA) is 84.8 Å². The summed E-state index contributed by atoms with van der Waals surface area (Å²) in [5.41, 5.74) is 5.30. The molecule has 1 aromatic heterocycles. The fraction of sp³-hybridized carbons (Fsp3) is 0.214. The van der Waals surface area contributed by atoms with Crippen LogP contribution in [0, 0.1) is 0 Å². The van der Waals surface area contributed by atoms with Crippen LogP contribution in [-0.4, -0.2) is 37.3 Å². The molecule has 0 saturated heterocycles. The molecule has 36 heavy (non-hydrogen) atoms. The summed E-state index contributed by atoms with van der Waals surface area (Å²) in [7, 11) is 5.10. The molecule has 5 rings (SSSR count). The number of nitrogens with zero attached hydrogens (tertiary/aromatic N) is 2. The fourth-order valence-electron chi connectivity index (χ4n) is 4.57. The van der Waals surface area contributed by atoms with E-state index in [0.29, 0.717) is 35.8 Å². The average molecular weight is 485 g/mol. The third kappa shape index (κ3) is 4.45. The number of fused-ring (bicyclic) bond motifs is 2. The number of benzene rings is 3. The standard InChI is InChI=1S/C28H28N4O4/c1-31-11-9-19-15-24-20(14-23(19)31)10-12-32(24)28(34)30-22-6-4-5-18(13-22)17-29-27(33)21-7-8-25(35-2)26(16-21)36-3/h4-9,11,13-16H,10,12,17H2,1-3H3,(H,29,33)(H,30,34). The number of methoxy groups -OCH3 is 2. The highest BCUT2D eigenvalue weighted by Crippen LogP contribution is 2.33. The van der Waals surface area contributed by atoms with Gasteiger partial charge in [-0.05, 0) is 66.1 Å². The van der Waals surface area contributed by atoms with Gasteiger partial charge in [0, 0.05) is 54.2 Å². The summed E-state index contributed by atoms with van der Waals surface area (Å²) in [6.07, 6.45) is 2.85. The van der Waals surface area contributed by atoms with Gasteiger partial charge in [-0.2, -0.15) is 0 Å². The molecule has 0 bridgehead atoms. The van der Waals surface area contributed by atoms with E-state index in [1.54, 1.807) is 30.2 Å². The molecular weight excluding hydrogens is 456 g/mol. The number of anilines is 2. The molecule has 3 aromatic carbocycles. The van der Waals surface area contributed by atoms with E-state index in [1.165, 1.54) is 18.2 Å². The molecule has 1 aliphatic heterocycles. The van der Waals surface area contributed by atoms with E-state index in [9.17, 15) is 9.59 Å². The van der Waals surface area contributed by atoms with Gasteiger partial charge in [0.15, 0.2) is 11.5 Å². The quantitative estimate of drug-likeness (QED) is 0.415. The largest absolute Gasteiger partial charge is 0.493 e. The van der Waals surface area contributed by atoms with E-state index in [4.69, 9.17) is 9.47 Å². The van der Waals surface area contributed by atoms with Crippen molar-refractivity contribution in [2.45, 2.75) is 13.0 Å². The number of carbonyl (C=O) groups excluding carboxylic acids is 2. The van der Waals surface area contributed by atoms with Gasteiger partial charge in [0.2, 0.25) is 0 Å². The number of carbonyl (C=O) groups is 2. The second kappa shape index (κ2) is 9.65. The lowest BCUT2D eigenvalue weighted by Gasteiger charge is -2.19. The molecule has 0 saturated carbocycles. The van der Waals surface area contributed by atoms with Crippen LogP contribution in [0.3, 0.4) is 0 Å². The third-order valence-corrected chi connectivity index (χ3v) is 6.50. The molecular formula is C28H28N4O4. The minimum absolute atomic E-state index is 0.171. The summed E-state index contributed by atoms with van der Waals surface area (Å²) in [6.45, 7) is 0.952. The summed E-state index contributed by atoms with van der Waals surface area (Å²) >= 11 is 0. The highest BCUT2D eigenvalue weighted by atomic mass is 16.5. The highest BCUT2D eigenvalue weighted by Gasteiger charge is 2.25. The van der Waals surface area contributed by atoms with Crippen molar-refractivity contribution in [3.05, 3.63) is 83.6 Å². The van der Waals surface area contributed by atoms with Crippen molar-refractivity contribution in [1.29, 1.82) is 0 Å². The van der Waals surface area contributed by atoms with Gasteiger partial charge >= 0.3 is 6.03 Å². The molecule has 3 amide bonds. The van der Waals surface area contributed by atoms with Crippen molar-refractivity contribution in [3.63, 3.8) is 0 Å². The Bertz CT molecular complexity index is 1460. The molecule has 2 N–H and O–H groups in total. The first-order valence-corrected chi connectivity index (χ1v) is 11.7. The van der Waals surface area contributed by atoms with Crippen LogP contribution in [0.4, 0.5) is 16.2 Å². The number of nitrogens with one attached hydrogen (secondary N) is 2. The van der Waals surface area contributed by atoms with Gasteiger partial charge < -0.3 is 24.7 Å². The normalized spacial score (nSPS) is 12.4. The molecule has 0 unspecified atom stereocenters. The molecule has 0 radical (unpaired) electrons. The summed E-state index contributed by atoms with van der Waals surface area (Å²) in [5.74, 6) is 0.823. The zero-order chi connectivity index (χ0) is 25.2. The van der Waals surface area contributed by atoms with Crippen molar-refractivity contribution >= 4 is 34.2 Å². The number of aromatic nitrogens is 1. The van der Waals surface area contributed by atoms with Gasteiger partial charge in [-0.1, -0.05) is 12.1 Å². The van der Waals surface area contributed by atoms with Crippen LogP contribution in [0.15, 0.2) is 66.9 Å². The Labute approximate surface area is 209 Å². The minimum atomic E-state index is -0.230. The van der Waals surface area contributed by atoms with Crippen LogP contribution in [0.25, 0.3) is 10.9 Å². The molecule has 4 aromatic rings. The predicted octanol–water partition coefficient (Wildman–Crippen LogP) is 4.72. The lowest BCUT2D eigenvalue weighted by molar-refractivity contribution is 0.0950. The minimum Gasteiger partial charge on any atom is -0.493 e. The maximum Gasteiger partial charge on any atom is 0.326 e. The Morgan fingerprint density at radius 2 is 1.81 bits per heavy atom. The molecule has 0 atom stereocenters. The zero-order valence-corrected chi connectivity index (χ0v) is 20.5. The Morgan fingerprint density at radius 1 is 0.972 bits per heavy atom. The maximum absolute atomic E-state index is 13.1. The van der Waals surface area contributed by atoms with Gasteiger partial charge in [-0.3, -0.25) is 9.69 Å². The molecule has 0 fully saturated rings. The smallest absolute Gasteiger partial charge is 0.326 e. The van der Waals surface area contributed by atoms with Gasteiger partial charge in [0.1, 0.15) is 0 Å². The van der Waals surface area contributed by atoms with Gasteiger partial charge in [0.25, 0.3) is 5.91 Å². The van der Waals surface area contributed by atoms with Gasteiger partial charge in [-0.25, -0.2) is 4.79 Å². The molecule has 0 spiro atoms. The van der Waals surface area contributed by atoms with E-state index >= 15 is 0 Å². The molecule has 184 valence electrons. The summed E-state index contributed by atoms with van der Waals surface area (Å²) in [4.78, 5) is 27.5. The van der Waals surface area contributed by atoms with Crippen LogP contribution in [0.2, 0.25) is 0 Å². The van der Waals surface area contributed by atoms with E-state index in [1.807, 2.05) is 37.5 Å². The Balaban J connectivity index is 1.24. The van der Waals surface area contributed by atoms with Crippen LogP contribution >= 0.6 is 0 Å². The number of rotatable bonds is 6. The van der Waals surface area contributed by atoms with Crippen LogP contribution in [0.1, 0.15) is 21.5 Å². The number of ether oxygens (including phenoxy) is 2. The van der Waals surface area contributed by atoms with E-state index in [2.05, 4.69) is 33.4 Å². The van der Waals surface area contributed by atoms with Crippen molar-refractivity contribution < 1.29 is 19.1 Å². The fourth-order valence-corrected chi connectivity index (χ4v) is 4.57. The lowest BCUT2D eigenvalue weighted by atomic mass is 10.1. The number of urea groups is 1. The predicted molar refractivity (Wildman–Crippen MR) is 140 cm³/mol.